The third-order valence-electron chi connectivity index (χ3n) is 4.65. The minimum atomic E-state index is -0.898. The van der Waals surface area contributed by atoms with Gasteiger partial charge in [-0.25, -0.2) is 9.36 Å². The van der Waals surface area contributed by atoms with Gasteiger partial charge in [-0.3, -0.25) is 14.3 Å². The van der Waals surface area contributed by atoms with Crippen LogP contribution in [0.2, 0.25) is 0 Å². The number of amides is 2. The molecular formula is C15H24N7O4+. The molecule has 11 nitrogen and oxygen atoms in total. The van der Waals surface area contributed by atoms with Crippen LogP contribution >= 0.6 is 0 Å². The van der Waals surface area contributed by atoms with Gasteiger partial charge in [-0.1, -0.05) is 4.98 Å². The maximum absolute atomic E-state index is 12.1. The Labute approximate surface area is 149 Å². The molecule has 5 N–H and O–H groups in total. The first-order valence-electron chi connectivity index (χ1n) is 8.25. The van der Waals surface area contributed by atoms with Gasteiger partial charge in [0.2, 0.25) is 11.7 Å². The van der Waals surface area contributed by atoms with Crippen molar-refractivity contribution in [3.8, 4) is 0 Å². The van der Waals surface area contributed by atoms with Crippen molar-refractivity contribution in [2.24, 2.45) is 13.0 Å². The van der Waals surface area contributed by atoms with Crippen LogP contribution in [-0.2, 0) is 11.8 Å². The Bertz CT molecular complexity index is 890. The van der Waals surface area contributed by atoms with Crippen LogP contribution in [0.5, 0.6) is 0 Å². The fraction of sp³-hybridized carbons (Fsp3) is 0.600. The normalized spacial score (nSPS) is 25.6. The number of carbonyl (C=O) groups is 1. The molecule has 1 saturated heterocycles. The van der Waals surface area contributed by atoms with E-state index >= 15 is 0 Å². The number of aliphatic hydroxyl groups excluding tert-OH is 1. The molecule has 1 aliphatic rings. The van der Waals surface area contributed by atoms with Crippen molar-refractivity contribution in [3.05, 3.63) is 16.7 Å². The monoisotopic (exact) mass is 366 g/mol. The van der Waals surface area contributed by atoms with Crippen LogP contribution in [-0.4, -0.2) is 63.4 Å². The van der Waals surface area contributed by atoms with Crippen molar-refractivity contribution < 1.29 is 19.2 Å². The highest BCUT2D eigenvalue weighted by atomic mass is 16.5. The summed E-state index contributed by atoms with van der Waals surface area (Å²) in [5.41, 5.74) is 5.93. The molecule has 2 amide bonds. The number of H-pyrrole nitrogens is 1. The number of aliphatic hydroxyl groups is 1. The predicted molar refractivity (Wildman–Crippen MR) is 92.1 cm³/mol. The molecule has 0 bridgehead atoms. The number of rotatable bonds is 3. The van der Waals surface area contributed by atoms with Crippen LogP contribution in [0.25, 0.3) is 11.2 Å². The van der Waals surface area contributed by atoms with E-state index in [9.17, 15) is 14.7 Å². The predicted octanol–water partition coefficient (Wildman–Crippen LogP) is -1.70. The third-order valence-corrected chi connectivity index (χ3v) is 4.65. The number of fused-ring (bicyclic) bond motifs is 1. The molecule has 2 aromatic rings. The maximum atomic E-state index is 12.1. The lowest BCUT2D eigenvalue weighted by Crippen LogP contribution is -2.47. The summed E-state index contributed by atoms with van der Waals surface area (Å²) in [6, 6.07) is -0.244. The first-order chi connectivity index (χ1) is 12.2. The number of nitrogen functional groups attached to an aromatic ring is 1. The average Bonchev–Trinajstić information content (AvgIpc) is 3.02. The maximum Gasteiger partial charge on any atom is 0.316 e. The number of aromatic nitrogens is 4. The Morgan fingerprint density at radius 2 is 2.27 bits per heavy atom. The Balaban J connectivity index is 1.90. The zero-order valence-electron chi connectivity index (χ0n) is 15.1. The summed E-state index contributed by atoms with van der Waals surface area (Å²) in [5.74, 6) is -0.330. The van der Waals surface area contributed by atoms with E-state index in [1.807, 2.05) is 6.92 Å². The second kappa shape index (κ2) is 6.57. The smallest absolute Gasteiger partial charge is 0.316 e. The van der Waals surface area contributed by atoms with Crippen molar-refractivity contribution in [2.45, 2.75) is 25.4 Å². The van der Waals surface area contributed by atoms with Gasteiger partial charge < -0.3 is 25.8 Å². The molecule has 2 aromatic heterocycles. The molecule has 1 aliphatic heterocycles. The number of hydrogen-bond acceptors (Lipinski definition) is 6. The highest BCUT2D eigenvalue weighted by molar-refractivity contribution is 5.73. The van der Waals surface area contributed by atoms with Crippen molar-refractivity contribution in [3.63, 3.8) is 0 Å². The molecule has 0 aliphatic carbocycles. The zero-order valence-corrected chi connectivity index (χ0v) is 15.1. The first-order valence-corrected chi connectivity index (χ1v) is 8.25. The highest BCUT2D eigenvalue weighted by Gasteiger charge is 2.45. The first kappa shape index (κ1) is 18.1. The highest BCUT2D eigenvalue weighted by Crippen LogP contribution is 2.31. The lowest BCUT2D eigenvalue weighted by Gasteiger charge is -2.19. The van der Waals surface area contributed by atoms with Crippen molar-refractivity contribution in [2.75, 3.05) is 26.4 Å². The Kier molecular flexibility index (Phi) is 4.59. The minimum Gasteiger partial charge on any atom is -0.386 e. The van der Waals surface area contributed by atoms with Gasteiger partial charge in [-0.2, -0.15) is 0 Å². The quantitative estimate of drug-likeness (QED) is 0.477. The summed E-state index contributed by atoms with van der Waals surface area (Å²) in [6.07, 6.45) is -0.318. The van der Waals surface area contributed by atoms with E-state index in [1.54, 1.807) is 36.6 Å². The van der Waals surface area contributed by atoms with E-state index < -0.39 is 12.3 Å². The number of nitrogens with zero attached hydrogens (tertiary/aromatic N) is 4. The van der Waals surface area contributed by atoms with Gasteiger partial charge in [0.05, 0.1) is 13.2 Å². The van der Waals surface area contributed by atoms with Gasteiger partial charge in [-0.15, -0.1) is 0 Å². The third kappa shape index (κ3) is 2.99. The molecule has 0 saturated carbocycles. The summed E-state index contributed by atoms with van der Waals surface area (Å²) >= 11 is 0. The van der Waals surface area contributed by atoms with E-state index in [1.165, 1.54) is 4.90 Å². The summed E-state index contributed by atoms with van der Waals surface area (Å²) in [7, 11) is 4.98. The minimum absolute atomic E-state index is 0.0159. The van der Waals surface area contributed by atoms with Crippen molar-refractivity contribution in [1.82, 2.24) is 24.8 Å². The zero-order chi connectivity index (χ0) is 19.2. The molecule has 3 rings (SSSR count). The standard InChI is InChI=1S/C15H23N7O4/c1-7-8(5-17-15(25)20(2)3)10(23)13(26-7)22-6-21(4)9-11(22)18-14(16)19-12(9)24/h6-8,10,13,23H,5H2,1-4H3,(H3-,16,17,18,19,24,25)/p+1/t7-,8-,10-,13-/m1/s1. The van der Waals surface area contributed by atoms with Gasteiger partial charge in [0.15, 0.2) is 6.33 Å². The van der Waals surface area contributed by atoms with Crippen LogP contribution in [0.1, 0.15) is 13.2 Å². The van der Waals surface area contributed by atoms with E-state index in [-0.39, 0.29) is 36.1 Å². The number of aromatic amines is 1. The average molecular weight is 366 g/mol. The Hall–Kier alpha value is -2.66. The van der Waals surface area contributed by atoms with E-state index in [2.05, 4.69) is 15.3 Å². The number of imidazole rings is 1. The van der Waals surface area contributed by atoms with Crippen LogP contribution in [0, 0.1) is 5.92 Å². The number of anilines is 1. The Morgan fingerprint density at radius 3 is 2.92 bits per heavy atom. The fourth-order valence-corrected chi connectivity index (χ4v) is 3.23. The number of urea groups is 1. The summed E-state index contributed by atoms with van der Waals surface area (Å²) in [6.45, 7) is 2.09. The fourth-order valence-electron chi connectivity index (χ4n) is 3.23. The number of nitrogens with one attached hydrogen (secondary N) is 2. The summed E-state index contributed by atoms with van der Waals surface area (Å²) in [5, 5.41) is 13.5. The van der Waals surface area contributed by atoms with Crippen molar-refractivity contribution >= 4 is 23.1 Å². The van der Waals surface area contributed by atoms with Gasteiger partial charge in [0.25, 0.3) is 11.5 Å². The van der Waals surface area contributed by atoms with E-state index in [0.717, 1.165) is 0 Å². The van der Waals surface area contributed by atoms with Crippen molar-refractivity contribution in [1.29, 1.82) is 0 Å². The molecule has 1 fully saturated rings. The molecule has 0 unspecified atom stereocenters. The number of carbonyl (C=O) groups excluding carboxylic acids is 1. The van der Waals surface area contributed by atoms with Gasteiger partial charge in [0.1, 0.15) is 6.10 Å². The Morgan fingerprint density at radius 1 is 1.58 bits per heavy atom. The second-order valence-corrected chi connectivity index (χ2v) is 6.72. The van der Waals surface area contributed by atoms with Crippen LogP contribution in [0.15, 0.2) is 11.1 Å². The molecule has 26 heavy (non-hydrogen) atoms. The summed E-state index contributed by atoms with van der Waals surface area (Å²) < 4.78 is 9.10. The van der Waals surface area contributed by atoms with Crippen LogP contribution in [0.4, 0.5) is 10.7 Å². The lowest BCUT2D eigenvalue weighted by atomic mass is 9.99. The molecule has 3 heterocycles. The van der Waals surface area contributed by atoms with Crippen LogP contribution < -0.4 is 21.2 Å². The topological polar surface area (TPSA) is 142 Å². The molecular weight excluding hydrogens is 342 g/mol. The molecule has 4 atom stereocenters. The molecule has 142 valence electrons. The molecule has 0 spiro atoms. The van der Waals surface area contributed by atoms with Gasteiger partial charge >= 0.3 is 11.7 Å². The van der Waals surface area contributed by atoms with Gasteiger partial charge in [-0.05, 0) is 6.92 Å². The molecule has 11 heteroatoms. The second-order valence-electron chi connectivity index (χ2n) is 6.72. The number of ether oxygens (including phenoxy) is 1. The molecule has 0 aromatic carbocycles. The SMILES string of the molecule is C[C@H]1O[C@@H]([n+]2cn(C)c3c(=O)[nH]c(N)nc32)[C@H](O)[C@@H]1CNC(=O)N(C)C. The van der Waals surface area contributed by atoms with E-state index in [0.29, 0.717) is 11.2 Å². The number of hydrogen-bond donors (Lipinski definition) is 4. The van der Waals surface area contributed by atoms with Crippen LogP contribution in [0.3, 0.4) is 0 Å². The number of nitrogens with two attached hydrogens (primary N) is 1. The lowest BCUT2D eigenvalue weighted by molar-refractivity contribution is -0.745. The molecule has 0 radical (unpaired) electrons. The summed E-state index contributed by atoms with van der Waals surface area (Å²) in [4.78, 5) is 31.9. The van der Waals surface area contributed by atoms with E-state index in [4.69, 9.17) is 10.5 Å². The van der Waals surface area contributed by atoms with Gasteiger partial charge in [0, 0.05) is 26.6 Å². The number of aryl methyl sites for hydroxylation is 1. The largest absolute Gasteiger partial charge is 0.386 e.